The number of nitrogens with two attached hydrogens (primary N) is 1. The van der Waals surface area contributed by atoms with E-state index in [1.54, 1.807) is 12.1 Å². The lowest BCUT2D eigenvalue weighted by Crippen LogP contribution is -2.67. The molecule has 5 nitrogen and oxygen atoms in total. The highest BCUT2D eigenvalue weighted by molar-refractivity contribution is 5.89. The summed E-state index contributed by atoms with van der Waals surface area (Å²) < 4.78 is 11.4. The first-order valence-electron chi connectivity index (χ1n) is 20.3. The van der Waals surface area contributed by atoms with Gasteiger partial charge >= 0.3 is 11.9 Å². The Morgan fingerprint density at radius 3 is 2.25 bits per heavy atom. The van der Waals surface area contributed by atoms with Crippen molar-refractivity contribution in [3.05, 3.63) is 71.3 Å². The molecular weight excluding hydrogens is 631 g/mol. The molecule has 0 spiro atoms. The molecule has 0 radical (unpaired) electrons. The van der Waals surface area contributed by atoms with E-state index in [2.05, 4.69) is 60.3 Å². The molecule has 0 aromatic heterocycles. The lowest BCUT2D eigenvalue weighted by molar-refractivity contribution is -0.219. The number of allylic oxidation sites excluding steroid dienone is 5. The fraction of sp³-hybridized carbons (Fsp3) is 0.696. The number of carbonyl (C=O) groups excluding carboxylic acids is 2. The van der Waals surface area contributed by atoms with E-state index in [1.807, 2.05) is 25.1 Å². The fourth-order valence-corrected chi connectivity index (χ4v) is 14.0. The van der Waals surface area contributed by atoms with Crippen LogP contribution in [-0.4, -0.2) is 30.7 Å². The first-order chi connectivity index (χ1) is 24.1. The minimum Gasteiger partial charge on any atom is -0.465 e. The van der Waals surface area contributed by atoms with Crippen LogP contribution < -0.4 is 5.73 Å². The molecule has 0 unspecified atom stereocenters. The molecule has 0 bridgehead atoms. The quantitative estimate of drug-likeness (QED) is 0.227. The molecule has 0 saturated heterocycles. The fourth-order valence-electron chi connectivity index (χ4n) is 14.0. The van der Waals surface area contributed by atoms with Gasteiger partial charge in [-0.15, -0.1) is 0 Å². The molecule has 51 heavy (non-hydrogen) atoms. The molecule has 0 aliphatic heterocycles. The van der Waals surface area contributed by atoms with E-state index in [0.717, 1.165) is 12.8 Å². The highest BCUT2D eigenvalue weighted by Crippen LogP contribution is 2.76. The lowest BCUT2D eigenvalue weighted by Gasteiger charge is -2.72. The Balaban J connectivity index is 1.14. The van der Waals surface area contributed by atoms with Crippen LogP contribution in [0.2, 0.25) is 0 Å². The van der Waals surface area contributed by atoms with E-state index in [-0.39, 0.29) is 28.9 Å². The molecule has 6 aliphatic carbocycles. The number of rotatable bonds is 7. The maximum atomic E-state index is 13.5. The van der Waals surface area contributed by atoms with E-state index in [1.165, 1.54) is 68.1 Å². The summed E-state index contributed by atoms with van der Waals surface area (Å²) in [6.07, 6.45) is 17.9. The maximum absolute atomic E-state index is 13.5. The minimum absolute atomic E-state index is 0.00923. The zero-order chi connectivity index (χ0) is 36.6. The molecule has 278 valence electrons. The maximum Gasteiger partial charge on any atom is 0.338 e. The molecule has 4 saturated carbocycles. The minimum atomic E-state index is -0.859. The zero-order valence-electron chi connectivity index (χ0n) is 32.7. The number of benzene rings is 1. The SMILES string of the molecule is C=C(C)[C@@H]1CC[C@]2(N)CC[C@]3(C)[C@H](CC[C@@H]4[C@@]5(C)CC=C(C6=CC[C@](COC(=O)c7ccccc7)(C(=O)OCC)CC6)C(C)(C)[C@@H]5CC[C@]43C)[C@@H]12. The van der Waals surface area contributed by atoms with Crippen molar-refractivity contribution in [2.24, 2.45) is 62.4 Å². The number of carbonyl (C=O) groups is 2. The monoisotopic (exact) mass is 695 g/mol. The third-order valence-electron chi connectivity index (χ3n) is 16.9. The van der Waals surface area contributed by atoms with Gasteiger partial charge in [-0.3, -0.25) is 4.79 Å². The van der Waals surface area contributed by atoms with Crippen molar-refractivity contribution < 1.29 is 19.1 Å². The van der Waals surface area contributed by atoms with Gasteiger partial charge in [0.25, 0.3) is 0 Å². The van der Waals surface area contributed by atoms with Gasteiger partial charge in [-0.05, 0) is 165 Å². The Kier molecular flexibility index (Phi) is 9.16. The third kappa shape index (κ3) is 5.47. The number of hydrogen-bond acceptors (Lipinski definition) is 5. The van der Waals surface area contributed by atoms with Crippen molar-refractivity contribution in [3.63, 3.8) is 0 Å². The largest absolute Gasteiger partial charge is 0.465 e. The molecule has 5 heteroatoms. The van der Waals surface area contributed by atoms with Crippen molar-refractivity contribution in [2.75, 3.05) is 13.2 Å². The Labute approximate surface area is 308 Å². The highest BCUT2D eigenvalue weighted by Gasteiger charge is 2.70. The van der Waals surface area contributed by atoms with Crippen LogP contribution in [0.4, 0.5) is 0 Å². The van der Waals surface area contributed by atoms with Gasteiger partial charge in [0.05, 0.1) is 12.2 Å². The topological polar surface area (TPSA) is 78.6 Å². The lowest BCUT2D eigenvalue weighted by atomic mass is 9.33. The second-order valence-electron chi connectivity index (χ2n) is 19.3. The van der Waals surface area contributed by atoms with Crippen LogP contribution in [0.25, 0.3) is 0 Å². The summed E-state index contributed by atoms with van der Waals surface area (Å²) in [5.74, 6) is 2.46. The first kappa shape index (κ1) is 36.7. The van der Waals surface area contributed by atoms with Gasteiger partial charge in [0.1, 0.15) is 12.0 Å². The summed E-state index contributed by atoms with van der Waals surface area (Å²) in [5, 5.41) is 0. The van der Waals surface area contributed by atoms with Crippen molar-refractivity contribution in [3.8, 4) is 0 Å². The molecular formula is C46H65NO4. The summed E-state index contributed by atoms with van der Waals surface area (Å²) in [4.78, 5) is 26.3. The summed E-state index contributed by atoms with van der Waals surface area (Å²) >= 11 is 0. The average Bonchev–Trinajstić information content (AvgIpc) is 3.46. The van der Waals surface area contributed by atoms with E-state index >= 15 is 0 Å². The van der Waals surface area contributed by atoms with Gasteiger partial charge < -0.3 is 15.2 Å². The van der Waals surface area contributed by atoms with Crippen LogP contribution in [0, 0.1) is 56.7 Å². The number of hydrogen-bond donors (Lipinski definition) is 1. The number of esters is 2. The van der Waals surface area contributed by atoms with Crippen LogP contribution in [0.1, 0.15) is 136 Å². The van der Waals surface area contributed by atoms with Crippen LogP contribution in [0.3, 0.4) is 0 Å². The molecule has 7 rings (SSSR count). The number of fused-ring (bicyclic) bond motifs is 7. The average molecular weight is 696 g/mol. The molecule has 10 atom stereocenters. The van der Waals surface area contributed by atoms with Gasteiger partial charge in [-0.2, -0.15) is 0 Å². The molecule has 4 fully saturated rings. The summed E-state index contributed by atoms with van der Waals surface area (Å²) in [5.41, 5.74) is 12.0. The summed E-state index contributed by atoms with van der Waals surface area (Å²) in [7, 11) is 0. The van der Waals surface area contributed by atoms with Gasteiger partial charge in [0.2, 0.25) is 0 Å². The molecule has 0 amide bonds. The second kappa shape index (κ2) is 12.7. The Morgan fingerprint density at radius 1 is 0.843 bits per heavy atom. The Hall–Kier alpha value is -2.66. The number of ether oxygens (including phenoxy) is 2. The third-order valence-corrected chi connectivity index (χ3v) is 16.9. The predicted molar refractivity (Wildman–Crippen MR) is 205 cm³/mol. The van der Waals surface area contributed by atoms with Crippen LogP contribution in [0.15, 0.2) is 65.8 Å². The smallest absolute Gasteiger partial charge is 0.338 e. The van der Waals surface area contributed by atoms with Crippen LogP contribution in [0.5, 0.6) is 0 Å². The van der Waals surface area contributed by atoms with Crippen molar-refractivity contribution in [1.29, 1.82) is 0 Å². The summed E-state index contributed by atoms with van der Waals surface area (Å²) in [6.45, 7) is 22.0. The molecule has 1 aromatic rings. The van der Waals surface area contributed by atoms with E-state index < -0.39 is 11.4 Å². The Bertz CT molecular complexity index is 1620. The zero-order valence-corrected chi connectivity index (χ0v) is 32.7. The van der Waals surface area contributed by atoms with Crippen LogP contribution >= 0.6 is 0 Å². The van der Waals surface area contributed by atoms with Gasteiger partial charge in [0.15, 0.2) is 0 Å². The van der Waals surface area contributed by atoms with Gasteiger partial charge in [-0.1, -0.05) is 77.1 Å². The molecule has 1 aromatic carbocycles. The van der Waals surface area contributed by atoms with Gasteiger partial charge in [0, 0.05) is 5.54 Å². The van der Waals surface area contributed by atoms with Crippen molar-refractivity contribution >= 4 is 11.9 Å². The van der Waals surface area contributed by atoms with Crippen molar-refractivity contribution in [1.82, 2.24) is 0 Å². The van der Waals surface area contributed by atoms with Crippen LogP contribution in [-0.2, 0) is 14.3 Å². The predicted octanol–water partition coefficient (Wildman–Crippen LogP) is 10.4. The molecule has 2 N–H and O–H groups in total. The normalized spacial score (nSPS) is 42.5. The molecule has 6 aliphatic rings. The molecule has 0 heterocycles. The van der Waals surface area contributed by atoms with Gasteiger partial charge in [-0.25, -0.2) is 4.79 Å². The first-order valence-corrected chi connectivity index (χ1v) is 20.3. The van der Waals surface area contributed by atoms with E-state index in [9.17, 15) is 9.59 Å². The summed E-state index contributed by atoms with van der Waals surface area (Å²) in [6, 6.07) is 9.02. The van der Waals surface area contributed by atoms with E-state index in [4.69, 9.17) is 15.2 Å². The second-order valence-corrected chi connectivity index (χ2v) is 19.3. The standard InChI is InChI=1S/C46H65NO4/c1-9-50-40(49)45(29-51-39(48)32-13-11-10-12-14-32)24-17-31(18-25-45)34-20-22-42(6)36(41(34,4)5)21-23-44(8)37(42)16-15-35-38-33(30(2)3)19-26-46(38,47)28-27-43(35,44)7/h10-14,17,20,33,35-38H,2,9,15-16,18-19,21-29,47H2,1,3-8H3/t33-,35+,36-,37+,38+,42-,43+,44+,45-,46-/m0/s1. The van der Waals surface area contributed by atoms with Crippen molar-refractivity contribution in [2.45, 2.75) is 131 Å². The Morgan fingerprint density at radius 2 is 1.59 bits per heavy atom. The highest BCUT2D eigenvalue weighted by atomic mass is 16.6. The van der Waals surface area contributed by atoms with E-state index in [0.29, 0.717) is 65.4 Å².